The zero-order valence-corrected chi connectivity index (χ0v) is 18.5. The first-order chi connectivity index (χ1) is 13.9. The smallest absolute Gasteiger partial charge is 0.264 e. The lowest BCUT2D eigenvalue weighted by Crippen LogP contribution is -2.41. The van der Waals surface area contributed by atoms with Gasteiger partial charge in [0, 0.05) is 10.0 Å². The Balaban J connectivity index is 1.44. The first-order valence-corrected chi connectivity index (χ1v) is 10.2. The van der Waals surface area contributed by atoms with Crippen LogP contribution in [0.15, 0.2) is 63.5 Å². The van der Waals surface area contributed by atoms with Gasteiger partial charge in [0.25, 0.3) is 5.91 Å². The molecule has 0 fully saturated rings. The quantitative estimate of drug-likeness (QED) is 0.499. The van der Waals surface area contributed by atoms with Crippen molar-refractivity contribution in [1.82, 2.24) is 10.6 Å². The summed E-state index contributed by atoms with van der Waals surface area (Å²) in [5.74, 6) is 1.81. The monoisotopic (exact) mass is 472 g/mol. The van der Waals surface area contributed by atoms with E-state index in [-0.39, 0.29) is 17.6 Å². The summed E-state index contributed by atoms with van der Waals surface area (Å²) < 4.78 is 12.3. The second kappa shape index (κ2) is 9.71. The number of furan rings is 1. The molecule has 0 aliphatic heterocycles. The fourth-order valence-electron chi connectivity index (χ4n) is 2.57. The largest absolute Gasteiger partial charge is 0.484 e. The second-order valence-electron chi connectivity index (χ2n) is 6.54. The third-order valence-corrected chi connectivity index (χ3v) is 5.09. The third-order valence-electron chi connectivity index (χ3n) is 4.31. The Kier molecular flexibility index (Phi) is 7.06. The summed E-state index contributed by atoms with van der Waals surface area (Å²) in [4.78, 5) is 12.0. The van der Waals surface area contributed by atoms with E-state index in [4.69, 9.17) is 21.4 Å². The topological polar surface area (TPSA) is 63.5 Å². The van der Waals surface area contributed by atoms with E-state index in [1.54, 1.807) is 0 Å². The highest BCUT2D eigenvalue weighted by molar-refractivity contribution is 9.10. The van der Waals surface area contributed by atoms with Crippen LogP contribution >= 0.6 is 28.1 Å². The molecule has 0 atom stereocenters. The summed E-state index contributed by atoms with van der Waals surface area (Å²) in [5, 5.41) is 5.78. The molecule has 2 aromatic carbocycles. The molecule has 150 valence electrons. The highest BCUT2D eigenvalue weighted by Gasteiger charge is 2.08. The number of halogens is 1. The van der Waals surface area contributed by atoms with Gasteiger partial charge in [-0.2, -0.15) is 0 Å². The molecule has 3 rings (SSSR count). The van der Waals surface area contributed by atoms with Crippen LogP contribution in [0.3, 0.4) is 0 Å². The Hall–Kier alpha value is -2.64. The minimum absolute atomic E-state index is 0.112. The molecular weight excluding hydrogens is 452 g/mol. The molecule has 7 heteroatoms. The molecule has 1 aromatic heterocycles. The maximum atomic E-state index is 12.0. The molecule has 5 nitrogen and oxygen atoms in total. The number of amides is 1. The number of ether oxygens (including phenoxy) is 1. The summed E-state index contributed by atoms with van der Waals surface area (Å²) >= 11 is 8.58. The molecule has 0 unspecified atom stereocenters. The van der Waals surface area contributed by atoms with Crippen LogP contribution in [-0.4, -0.2) is 17.6 Å². The fraction of sp³-hybridized carbons (Fsp3) is 0.182. The number of hydrogen-bond acceptors (Lipinski definition) is 4. The van der Waals surface area contributed by atoms with Crippen molar-refractivity contribution in [3.8, 4) is 17.1 Å². The van der Waals surface area contributed by atoms with Crippen molar-refractivity contribution in [2.45, 2.75) is 20.4 Å². The van der Waals surface area contributed by atoms with E-state index in [9.17, 15) is 4.79 Å². The molecule has 0 saturated carbocycles. The minimum Gasteiger partial charge on any atom is -0.484 e. The average molecular weight is 473 g/mol. The fourth-order valence-corrected chi connectivity index (χ4v) is 3.02. The first kappa shape index (κ1) is 21.1. The highest BCUT2D eigenvalue weighted by Crippen LogP contribution is 2.24. The molecule has 29 heavy (non-hydrogen) atoms. The Bertz CT molecular complexity index is 1020. The molecule has 0 spiro atoms. The zero-order chi connectivity index (χ0) is 20.8. The SMILES string of the molecule is Cc1ccc(OCC(=O)NC(=S)NCc2ccc(-c3ccc(Br)cc3)o2)cc1C. The van der Waals surface area contributed by atoms with Gasteiger partial charge < -0.3 is 19.8 Å². The van der Waals surface area contributed by atoms with Gasteiger partial charge in [0.05, 0.1) is 6.54 Å². The van der Waals surface area contributed by atoms with Crippen molar-refractivity contribution in [1.29, 1.82) is 0 Å². The molecular formula is C22H21BrN2O3S. The van der Waals surface area contributed by atoms with E-state index in [2.05, 4.69) is 26.6 Å². The molecule has 0 aliphatic rings. The second-order valence-corrected chi connectivity index (χ2v) is 7.86. The summed E-state index contributed by atoms with van der Waals surface area (Å²) in [6, 6.07) is 17.3. The van der Waals surface area contributed by atoms with Crippen LogP contribution in [0.5, 0.6) is 5.75 Å². The number of benzene rings is 2. The van der Waals surface area contributed by atoms with Crippen molar-refractivity contribution < 1.29 is 13.9 Å². The number of nitrogens with one attached hydrogen (secondary N) is 2. The Morgan fingerprint density at radius 2 is 1.83 bits per heavy atom. The molecule has 0 radical (unpaired) electrons. The highest BCUT2D eigenvalue weighted by atomic mass is 79.9. The lowest BCUT2D eigenvalue weighted by atomic mass is 10.1. The molecule has 2 N–H and O–H groups in total. The van der Waals surface area contributed by atoms with Crippen molar-refractivity contribution in [2.75, 3.05) is 6.61 Å². The van der Waals surface area contributed by atoms with Crippen LogP contribution < -0.4 is 15.4 Å². The van der Waals surface area contributed by atoms with Crippen LogP contribution in [0.1, 0.15) is 16.9 Å². The maximum absolute atomic E-state index is 12.0. The number of thiocarbonyl (C=S) groups is 1. The normalized spacial score (nSPS) is 10.4. The Labute approximate surface area is 183 Å². The predicted octanol–water partition coefficient (Wildman–Crippen LogP) is 4.90. The Morgan fingerprint density at radius 1 is 1.07 bits per heavy atom. The van der Waals surface area contributed by atoms with Gasteiger partial charge in [0.15, 0.2) is 11.7 Å². The van der Waals surface area contributed by atoms with Crippen LogP contribution in [-0.2, 0) is 11.3 Å². The van der Waals surface area contributed by atoms with E-state index in [1.807, 2.05) is 68.4 Å². The predicted molar refractivity (Wildman–Crippen MR) is 121 cm³/mol. The lowest BCUT2D eigenvalue weighted by molar-refractivity contribution is -0.121. The maximum Gasteiger partial charge on any atom is 0.264 e. The van der Waals surface area contributed by atoms with Crippen molar-refractivity contribution in [2.24, 2.45) is 0 Å². The van der Waals surface area contributed by atoms with Gasteiger partial charge in [0.2, 0.25) is 0 Å². The van der Waals surface area contributed by atoms with Gasteiger partial charge >= 0.3 is 0 Å². The third kappa shape index (κ3) is 6.17. The van der Waals surface area contributed by atoms with Crippen molar-refractivity contribution >= 4 is 39.2 Å². The summed E-state index contributed by atoms with van der Waals surface area (Å²) in [6.07, 6.45) is 0. The van der Waals surface area contributed by atoms with E-state index < -0.39 is 0 Å². The number of rotatable bonds is 6. The van der Waals surface area contributed by atoms with E-state index >= 15 is 0 Å². The standard InChI is InChI=1S/C22H21BrN2O3S/c1-14-3-8-18(11-15(14)2)27-13-21(26)25-22(29)24-12-19-9-10-20(28-19)16-4-6-17(23)7-5-16/h3-11H,12-13H2,1-2H3,(H2,24,25,26,29). The summed E-state index contributed by atoms with van der Waals surface area (Å²) in [6.45, 7) is 4.28. The van der Waals surface area contributed by atoms with E-state index in [0.29, 0.717) is 18.1 Å². The number of carbonyl (C=O) groups is 1. The summed E-state index contributed by atoms with van der Waals surface area (Å²) in [7, 11) is 0. The van der Waals surface area contributed by atoms with Gasteiger partial charge in [-0.25, -0.2) is 0 Å². The van der Waals surface area contributed by atoms with Gasteiger partial charge in [-0.05, 0) is 73.6 Å². The van der Waals surface area contributed by atoms with Crippen LogP contribution in [0, 0.1) is 13.8 Å². The van der Waals surface area contributed by atoms with Gasteiger partial charge in [0.1, 0.15) is 17.3 Å². The molecule has 3 aromatic rings. The average Bonchev–Trinajstić information content (AvgIpc) is 3.17. The molecule has 0 aliphatic carbocycles. The molecule has 1 amide bonds. The van der Waals surface area contributed by atoms with Gasteiger partial charge in [-0.1, -0.05) is 34.1 Å². The van der Waals surface area contributed by atoms with Gasteiger partial charge in [-0.3, -0.25) is 4.79 Å². The molecule has 1 heterocycles. The summed E-state index contributed by atoms with van der Waals surface area (Å²) in [5.41, 5.74) is 3.27. The number of hydrogen-bond donors (Lipinski definition) is 2. The van der Waals surface area contributed by atoms with Crippen LogP contribution in [0.25, 0.3) is 11.3 Å². The molecule has 0 saturated heterocycles. The Morgan fingerprint density at radius 3 is 2.55 bits per heavy atom. The van der Waals surface area contributed by atoms with Gasteiger partial charge in [-0.15, -0.1) is 0 Å². The lowest BCUT2D eigenvalue weighted by Gasteiger charge is -2.10. The van der Waals surface area contributed by atoms with E-state index in [1.165, 1.54) is 5.56 Å². The number of aryl methyl sites for hydroxylation is 2. The molecule has 0 bridgehead atoms. The van der Waals surface area contributed by atoms with E-state index in [0.717, 1.165) is 21.4 Å². The first-order valence-electron chi connectivity index (χ1n) is 9.03. The van der Waals surface area contributed by atoms with Crippen LogP contribution in [0.4, 0.5) is 0 Å². The number of carbonyl (C=O) groups excluding carboxylic acids is 1. The van der Waals surface area contributed by atoms with Crippen molar-refractivity contribution in [3.05, 3.63) is 76.0 Å². The van der Waals surface area contributed by atoms with Crippen molar-refractivity contribution in [3.63, 3.8) is 0 Å². The zero-order valence-electron chi connectivity index (χ0n) is 16.1. The van der Waals surface area contributed by atoms with Crippen LogP contribution in [0.2, 0.25) is 0 Å². The minimum atomic E-state index is -0.323.